The summed E-state index contributed by atoms with van der Waals surface area (Å²) < 4.78 is 0. The van der Waals surface area contributed by atoms with E-state index in [0.29, 0.717) is 16.1 Å². The minimum atomic E-state index is 0. The smallest absolute Gasteiger partial charge is 0.0595 e. The molecule has 1 fully saturated rings. The minimum absolute atomic E-state index is 0. The zero-order valence-electron chi connectivity index (χ0n) is 9.04. The molecule has 1 N–H and O–H groups in total. The first-order valence-electron chi connectivity index (χ1n) is 5.01. The van der Waals surface area contributed by atoms with E-state index < -0.39 is 0 Å². The molecule has 0 aliphatic carbocycles. The first kappa shape index (κ1) is 14.1. The SMILES string of the molecule is CN(Cc1ccc(Cl)c(Cl)c1)C1CNC1.Cl. The average molecular weight is 282 g/mol. The van der Waals surface area contributed by atoms with Crippen LogP contribution in [-0.2, 0) is 6.54 Å². The molecule has 0 bridgehead atoms. The minimum Gasteiger partial charge on any atom is -0.314 e. The molecule has 0 spiro atoms. The molecule has 0 radical (unpaired) electrons. The van der Waals surface area contributed by atoms with Gasteiger partial charge in [0.2, 0.25) is 0 Å². The van der Waals surface area contributed by atoms with Crippen LogP contribution in [0.2, 0.25) is 10.0 Å². The van der Waals surface area contributed by atoms with Crippen molar-refractivity contribution in [3.8, 4) is 0 Å². The van der Waals surface area contributed by atoms with Crippen LogP contribution in [0.4, 0.5) is 0 Å². The third-order valence-electron chi connectivity index (χ3n) is 2.80. The van der Waals surface area contributed by atoms with Gasteiger partial charge in [0.05, 0.1) is 10.0 Å². The van der Waals surface area contributed by atoms with Gasteiger partial charge < -0.3 is 5.32 Å². The van der Waals surface area contributed by atoms with Crippen molar-refractivity contribution in [3.63, 3.8) is 0 Å². The van der Waals surface area contributed by atoms with Crippen LogP contribution >= 0.6 is 35.6 Å². The number of nitrogens with one attached hydrogen (secondary N) is 1. The van der Waals surface area contributed by atoms with Crippen molar-refractivity contribution < 1.29 is 0 Å². The number of nitrogens with zero attached hydrogens (tertiary/aromatic N) is 1. The Morgan fingerprint density at radius 3 is 2.50 bits per heavy atom. The number of likely N-dealkylation sites (N-methyl/N-ethyl adjacent to an activating group) is 1. The van der Waals surface area contributed by atoms with E-state index in [4.69, 9.17) is 23.2 Å². The van der Waals surface area contributed by atoms with Crippen LogP contribution in [0, 0.1) is 0 Å². The Morgan fingerprint density at radius 1 is 1.31 bits per heavy atom. The summed E-state index contributed by atoms with van der Waals surface area (Å²) in [6.45, 7) is 3.08. The summed E-state index contributed by atoms with van der Waals surface area (Å²) in [4.78, 5) is 2.33. The standard InChI is InChI=1S/C11H14Cl2N2.ClH/c1-15(9-5-14-6-9)7-8-2-3-10(12)11(13)4-8;/h2-4,9,14H,5-7H2,1H3;1H. The van der Waals surface area contributed by atoms with Crippen molar-refractivity contribution in [3.05, 3.63) is 33.8 Å². The average Bonchev–Trinajstić information content (AvgIpc) is 2.08. The topological polar surface area (TPSA) is 15.3 Å². The van der Waals surface area contributed by atoms with Crippen LogP contribution in [0.25, 0.3) is 0 Å². The van der Waals surface area contributed by atoms with Gasteiger partial charge in [-0.15, -0.1) is 12.4 Å². The van der Waals surface area contributed by atoms with Gasteiger partial charge in [-0.1, -0.05) is 29.3 Å². The van der Waals surface area contributed by atoms with E-state index in [1.54, 1.807) is 0 Å². The Morgan fingerprint density at radius 2 is 2.00 bits per heavy atom. The maximum atomic E-state index is 5.96. The third-order valence-corrected chi connectivity index (χ3v) is 3.54. The predicted octanol–water partition coefficient (Wildman–Crippen LogP) is 2.82. The van der Waals surface area contributed by atoms with E-state index in [1.807, 2.05) is 18.2 Å². The Kier molecular flexibility index (Phi) is 5.35. The molecule has 5 heteroatoms. The third kappa shape index (κ3) is 3.25. The lowest BCUT2D eigenvalue weighted by molar-refractivity contribution is 0.173. The lowest BCUT2D eigenvalue weighted by Gasteiger charge is -2.35. The molecule has 90 valence electrons. The zero-order valence-corrected chi connectivity index (χ0v) is 11.4. The van der Waals surface area contributed by atoms with Gasteiger partial charge in [0.1, 0.15) is 0 Å². The van der Waals surface area contributed by atoms with Crippen LogP contribution in [0.1, 0.15) is 5.56 Å². The molecule has 2 nitrogen and oxygen atoms in total. The quantitative estimate of drug-likeness (QED) is 0.916. The van der Waals surface area contributed by atoms with Gasteiger partial charge in [0.25, 0.3) is 0 Å². The summed E-state index contributed by atoms with van der Waals surface area (Å²) in [6.07, 6.45) is 0. The molecular formula is C11H15Cl3N2. The molecule has 1 aliphatic rings. The van der Waals surface area contributed by atoms with Crippen LogP contribution in [0.5, 0.6) is 0 Å². The largest absolute Gasteiger partial charge is 0.314 e. The molecule has 1 aromatic rings. The molecule has 1 aliphatic heterocycles. The zero-order chi connectivity index (χ0) is 10.8. The maximum Gasteiger partial charge on any atom is 0.0595 e. The van der Waals surface area contributed by atoms with Crippen molar-refractivity contribution in [2.24, 2.45) is 0 Å². The Balaban J connectivity index is 0.00000128. The molecule has 16 heavy (non-hydrogen) atoms. The Hall–Kier alpha value is 0.01000. The molecule has 0 aromatic heterocycles. The molecule has 1 aromatic carbocycles. The van der Waals surface area contributed by atoms with Crippen molar-refractivity contribution in [1.82, 2.24) is 10.2 Å². The summed E-state index contributed by atoms with van der Waals surface area (Å²) in [6, 6.07) is 6.47. The molecule has 1 heterocycles. The summed E-state index contributed by atoms with van der Waals surface area (Å²) >= 11 is 11.8. The van der Waals surface area contributed by atoms with Crippen molar-refractivity contribution >= 4 is 35.6 Å². The highest BCUT2D eigenvalue weighted by molar-refractivity contribution is 6.42. The first-order valence-corrected chi connectivity index (χ1v) is 5.77. The molecule has 1 saturated heterocycles. The van der Waals surface area contributed by atoms with E-state index >= 15 is 0 Å². The second-order valence-corrected chi connectivity index (χ2v) is 4.79. The van der Waals surface area contributed by atoms with Gasteiger partial charge in [0, 0.05) is 25.7 Å². The highest BCUT2D eigenvalue weighted by Crippen LogP contribution is 2.23. The van der Waals surface area contributed by atoms with Gasteiger partial charge in [-0.05, 0) is 24.7 Å². The molecular weight excluding hydrogens is 266 g/mol. The number of rotatable bonds is 3. The van der Waals surface area contributed by atoms with Crippen molar-refractivity contribution in [2.45, 2.75) is 12.6 Å². The van der Waals surface area contributed by atoms with Gasteiger partial charge in [-0.25, -0.2) is 0 Å². The monoisotopic (exact) mass is 280 g/mol. The highest BCUT2D eigenvalue weighted by atomic mass is 35.5. The van der Waals surface area contributed by atoms with Crippen molar-refractivity contribution in [2.75, 3.05) is 20.1 Å². The fourth-order valence-corrected chi connectivity index (χ4v) is 1.96. The lowest BCUT2D eigenvalue weighted by Crippen LogP contribution is -2.55. The lowest BCUT2D eigenvalue weighted by atomic mass is 10.1. The summed E-state index contributed by atoms with van der Waals surface area (Å²) in [5, 5.41) is 4.51. The molecule has 0 amide bonds. The Labute approximate surface area is 112 Å². The van der Waals surface area contributed by atoms with E-state index in [-0.39, 0.29) is 12.4 Å². The molecule has 0 saturated carbocycles. The normalized spacial score (nSPS) is 15.8. The van der Waals surface area contributed by atoms with E-state index in [0.717, 1.165) is 19.6 Å². The number of hydrogen-bond acceptors (Lipinski definition) is 2. The van der Waals surface area contributed by atoms with Crippen molar-refractivity contribution in [1.29, 1.82) is 0 Å². The fourth-order valence-electron chi connectivity index (χ4n) is 1.64. The van der Waals surface area contributed by atoms with Crippen LogP contribution in [0.3, 0.4) is 0 Å². The molecule has 0 atom stereocenters. The van der Waals surface area contributed by atoms with E-state index in [2.05, 4.69) is 17.3 Å². The number of hydrogen-bond donors (Lipinski definition) is 1. The second-order valence-electron chi connectivity index (χ2n) is 3.98. The van der Waals surface area contributed by atoms with Gasteiger partial charge in [0.15, 0.2) is 0 Å². The summed E-state index contributed by atoms with van der Waals surface area (Å²) in [5.41, 5.74) is 1.21. The highest BCUT2D eigenvalue weighted by Gasteiger charge is 2.21. The van der Waals surface area contributed by atoms with Crippen LogP contribution in [0.15, 0.2) is 18.2 Å². The Bertz CT molecular complexity index is 353. The number of benzene rings is 1. The predicted molar refractivity (Wildman–Crippen MR) is 71.8 cm³/mol. The maximum absolute atomic E-state index is 5.96. The van der Waals surface area contributed by atoms with Gasteiger partial charge >= 0.3 is 0 Å². The van der Waals surface area contributed by atoms with Crippen LogP contribution in [-0.4, -0.2) is 31.1 Å². The van der Waals surface area contributed by atoms with Gasteiger partial charge in [-0.3, -0.25) is 4.90 Å². The van der Waals surface area contributed by atoms with Crippen LogP contribution < -0.4 is 5.32 Å². The van der Waals surface area contributed by atoms with Gasteiger partial charge in [-0.2, -0.15) is 0 Å². The number of halogens is 3. The first-order chi connectivity index (χ1) is 7.16. The summed E-state index contributed by atoms with van der Waals surface area (Å²) in [5.74, 6) is 0. The fraction of sp³-hybridized carbons (Fsp3) is 0.455. The van der Waals surface area contributed by atoms with E-state index in [9.17, 15) is 0 Å². The second kappa shape index (κ2) is 6.08. The van der Waals surface area contributed by atoms with E-state index in [1.165, 1.54) is 5.56 Å². The molecule has 2 rings (SSSR count). The molecule has 0 unspecified atom stereocenters. The summed E-state index contributed by atoms with van der Waals surface area (Å²) in [7, 11) is 2.13.